The van der Waals surface area contributed by atoms with Gasteiger partial charge in [-0.05, 0) is 30.3 Å². The monoisotopic (exact) mass is 428 g/mol. The maximum Gasteiger partial charge on any atom is 0.340 e. The maximum absolute atomic E-state index is 15.0. The van der Waals surface area contributed by atoms with Crippen LogP contribution >= 0.6 is 0 Å². The molecule has 0 unspecified atom stereocenters. The van der Waals surface area contributed by atoms with Gasteiger partial charge in [0.1, 0.15) is 18.2 Å². The molecule has 0 atom stereocenters. The Morgan fingerprint density at radius 2 is 1.87 bits per heavy atom. The molecule has 2 aromatic carbocycles. The Kier molecular flexibility index (Phi) is 6.48. The first-order chi connectivity index (χ1) is 14.2. The fourth-order valence-corrected chi connectivity index (χ4v) is 3.77. The number of ether oxygens (including phenoxy) is 2. The second kappa shape index (κ2) is 8.89. The standard InChI is InChI=1S/C22H25FN2O4Si/c1-28-22(27)16-9-7-8-15(19(16)23)20-21(26)25(14-29-12-13-30(2,3)4)18-11-6-5-10-17(18)24-20/h5-11H,12-14H2,1-4H3. The van der Waals surface area contributed by atoms with Gasteiger partial charge in [0, 0.05) is 20.2 Å². The molecule has 1 aromatic heterocycles. The van der Waals surface area contributed by atoms with Crippen LogP contribution in [0.2, 0.25) is 25.7 Å². The minimum Gasteiger partial charge on any atom is -0.465 e. The molecule has 6 nitrogen and oxygen atoms in total. The van der Waals surface area contributed by atoms with E-state index in [0.717, 1.165) is 6.04 Å². The van der Waals surface area contributed by atoms with Crippen LogP contribution in [0, 0.1) is 5.82 Å². The summed E-state index contributed by atoms with van der Waals surface area (Å²) in [4.78, 5) is 29.5. The number of rotatable bonds is 7. The number of halogens is 1. The van der Waals surface area contributed by atoms with Crippen LogP contribution < -0.4 is 5.56 Å². The van der Waals surface area contributed by atoms with Crippen molar-refractivity contribution in [3.63, 3.8) is 0 Å². The fraction of sp³-hybridized carbons (Fsp3) is 0.318. The van der Waals surface area contributed by atoms with Gasteiger partial charge in [-0.2, -0.15) is 0 Å². The van der Waals surface area contributed by atoms with Crippen molar-refractivity contribution in [1.29, 1.82) is 0 Å². The van der Waals surface area contributed by atoms with Gasteiger partial charge in [-0.15, -0.1) is 0 Å². The summed E-state index contributed by atoms with van der Waals surface area (Å²) >= 11 is 0. The van der Waals surface area contributed by atoms with Gasteiger partial charge < -0.3 is 9.47 Å². The lowest BCUT2D eigenvalue weighted by molar-refractivity contribution is 0.0595. The van der Waals surface area contributed by atoms with Crippen molar-refractivity contribution in [3.8, 4) is 11.3 Å². The van der Waals surface area contributed by atoms with Crippen LogP contribution in [0.5, 0.6) is 0 Å². The third-order valence-electron chi connectivity index (χ3n) is 4.73. The highest BCUT2D eigenvalue weighted by Crippen LogP contribution is 2.23. The zero-order chi connectivity index (χ0) is 21.9. The number of benzene rings is 2. The summed E-state index contributed by atoms with van der Waals surface area (Å²) in [5.74, 6) is -1.65. The second-order valence-electron chi connectivity index (χ2n) is 8.19. The Morgan fingerprint density at radius 1 is 1.13 bits per heavy atom. The summed E-state index contributed by atoms with van der Waals surface area (Å²) in [6, 6.07) is 12.3. The molecule has 3 rings (SSSR count). The van der Waals surface area contributed by atoms with Gasteiger partial charge in [0.05, 0.1) is 23.7 Å². The summed E-state index contributed by atoms with van der Waals surface area (Å²) in [5, 5.41) is 0. The normalized spacial score (nSPS) is 11.6. The Labute approximate surface area is 175 Å². The number of hydrogen-bond acceptors (Lipinski definition) is 5. The van der Waals surface area contributed by atoms with E-state index in [1.54, 1.807) is 24.3 Å². The van der Waals surface area contributed by atoms with Crippen molar-refractivity contribution in [2.45, 2.75) is 32.4 Å². The van der Waals surface area contributed by atoms with E-state index in [9.17, 15) is 9.59 Å². The molecule has 0 fully saturated rings. The summed E-state index contributed by atoms with van der Waals surface area (Å²) in [7, 11) is -0.0985. The number of hydrogen-bond donors (Lipinski definition) is 0. The number of nitrogens with zero attached hydrogens (tertiary/aromatic N) is 2. The smallest absolute Gasteiger partial charge is 0.340 e. The molecule has 0 bridgehead atoms. The van der Waals surface area contributed by atoms with E-state index in [1.165, 1.54) is 29.9 Å². The molecule has 8 heteroatoms. The van der Waals surface area contributed by atoms with Gasteiger partial charge in [-0.25, -0.2) is 14.2 Å². The van der Waals surface area contributed by atoms with Crippen LogP contribution in [0.25, 0.3) is 22.3 Å². The van der Waals surface area contributed by atoms with Crippen molar-refractivity contribution in [1.82, 2.24) is 9.55 Å². The van der Waals surface area contributed by atoms with Crippen LogP contribution in [0.3, 0.4) is 0 Å². The summed E-state index contributed by atoms with van der Waals surface area (Å²) in [6.07, 6.45) is 0. The molecule has 158 valence electrons. The highest BCUT2D eigenvalue weighted by atomic mass is 28.3. The first kappa shape index (κ1) is 21.9. The van der Waals surface area contributed by atoms with Crippen LogP contribution in [0.4, 0.5) is 4.39 Å². The molecule has 0 amide bonds. The lowest BCUT2D eigenvalue weighted by Gasteiger charge is -2.17. The largest absolute Gasteiger partial charge is 0.465 e. The third kappa shape index (κ3) is 4.66. The molecule has 0 spiro atoms. The number of aromatic nitrogens is 2. The van der Waals surface area contributed by atoms with E-state index in [1.807, 2.05) is 0 Å². The maximum atomic E-state index is 15.0. The topological polar surface area (TPSA) is 70.4 Å². The quantitative estimate of drug-likeness (QED) is 0.319. The minimum atomic E-state index is -1.27. The highest BCUT2D eigenvalue weighted by molar-refractivity contribution is 6.76. The van der Waals surface area contributed by atoms with Crippen molar-refractivity contribution in [2.75, 3.05) is 13.7 Å². The summed E-state index contributed by atoms with van der Waals surface area (Å²) < 4.78 is 26.9. The van der Waals surface area contributed by atoms with E-state index in [4.69, 9.17) is 4.74 Å². The van der Waals surface area contributed by atoms with Gasteiger partial charge in [-0.1, -0.05) is 37.8 Å². The van der Waals surface area contributed by atoms with Crippen LogP contribution in [-0.2, 0) is 16.2 Å². The van der Waals surface area contributed by atoms with Crippen molar-refractivity contribution >= 4 is 25.1 Å². The summed E-state index contributed by atoms with van der Waals surface area (Å²) in [5.41, 5.74) is 0.271. The molecule has 0 aliphatic carbocycles. The van der Waals surface area contributed by atoms with E-state index < -0.39 is 25.4 Å². The van der Waals surface area contributed by atoms with E-state index in [2.05, 4.69) is 29.4 Å². The van der Waals surface area contributed by atoms with Crippen LogP contribution in [0.15, 0.2) is 47.3 Å². The minimum absolute atomic E-state index is 0.0393. The fourth-order valence-electron chi connectivity index (χ4n) is 3.01. The Morgan fingerprint density at radius 3 is 2.57 bits per heavy atom. The van der Waals surface area contributed by atoms with Gasteiger partial charge in [0.15, 0.2) is 0 Å². The van der Waals surface area contributed by atoms with E-state index in [-0.39, 0.29) is 23.6 Å². The number of carbonyl (C=O) groups is 1. The van der Waals surface area contributed by atoms with Crippen molar-refractivity contribution in [2.24, 2.45) is 0 Å². The van der Waals surface area contributed by atoms with Gasteiger partial charge >= 0.3 is 5.97 Å². The van der Waals surface area contributed by atoms with Gasteiger partial charge in [0.2, 0.25) is 0 Å². The number of fused-ring (bicyclic) bond motifs is 1. The molecule has 0 aliphatic rings. The molecular formula is C22H25FN2O4Si. The molecule has 0 N–H and O–H groups in total. The Bertz CT molecular complexity index is 1140. The first-order valence-electron chi connectivity index (χ1n) is 9.67. The number of para-hydroxylation sites is 2. The average Bonchev–Trinajstić information content (AvgIpc) is 2.71. The zero-order valence-electron chi connectivity index (χ0n) is 17.6. The molecule has 3 aromatic rings. The molecular weight excluding hydrogens is 403 g/mol. The lowest BCUT2D eigenvalue weighted by Crippen LogP contribution is -2.27. The van der Waals surface area contributed by atoms with Gasteiger partial charge in [-0.3, -0.25) is 9.36 Å². The molecule has 0 saturated carbocycles. The first-order valence-corrected chi connectivity index (χ1v) is 13.4. The number of esters is 1. The summed E-state index contributed by atoms with van der Waals surface area (Å²) in [6.45, 7) is 7.33. The predicted octanol–water partition coefficient (Wildman–Crippen LogP) is 4.30. The van der Waals surface area contributed by atoms with Crippen molar-refractivity contribution < 1.29 is 18.7 Å². The van der Waals surface area contributed by atoms with E-state index in [0.29, 0.717) is 17.6 Å². The molecule has 1 heterocycles. The Hall–Kier alpha value is -2.84. The second-order valence-corrected chi connectivity index (χ2v) is 13.8. The molecule has 0 radical (unpaired) electrons. The SMILES string of the molecule is COC(=O)c1cccc(-c2nc3ccccc3n(COCC[Si](C)(C)C)c2=O)c1F. The van der Waals surface area contributed by atoms with Gasteiger partial charge in [0.25, 0.3) is 5.56 Å². The van der Waals surface area contributed by atoms with Crippen molar-refractivity contribution in [3.05, 3.63) is 64.2 Å². The lowest BCUT2D eigenvalue weighted by atomic mass is 10.1. The number of carbonyl (C=O) groups excluding carboxylic acids is 1. The third-order valence-corrected chi connectivity index (χ3v) is 6.43. The Balaban J connectivity index is 2.08. The highest BCUT2D eigenvalue weighted by Gasteiger charge is 2.21. The van der Waals surface area contributed by atoms with Crippen LogP contribution in [0.1, 0.15) is 10.4 Å². The van der Waals surface area contributed by atoms with E-state index >= 15 is 4.39 Å². The molecule has 0 aliphatic heterocycles. The molecule has 30 heavy (non-hydrogen) atoms. The number of methoxy groups -OCH3 is 1. The van der Waals surface area contributed by atoms with Crippen LogP contribution in [-0.4, -0.2) is 37.3 Å². The predicted molar refractivity (Wildman–Crippen MR) is 117 cm³/mol. The molecule has 0 saturated heterocycles. The zero-order valence-corrected chi connectivity index (χ0v) is 18.6. The average molecular weight is 429 g/mol.